The summed E-state index contributed by atoms with van der Waals surface area (Å²) < 4.78 is 5.02. The van der Waals surface area contributed by atoms with Crippen LogP contribution in [-0.2, 0) is 4.74 Å². The third kappa shape index (κ3) is 7.28. The highest BCUT2D eigenvalue weighted by atomic mass is 16.5. The van der Waals surface area contributed by atoms with Gasteiger partial charge in [0, 0.05) is 0 Å². The van der Waals surface area contributed by atoms with Crippen molar-refractivity contribution in [2.45, 2.75) is 12.8 Å². The summed E-state index contributed by atoms with van der Waals surface area (Å²) in [5.74, 6) is 0. The summed E-state index contributed by atoms with van der Waals surface area (Å²) >= 11 is 0. The minimum Gasteiger partial charge on any atom is -0.501 e. The van der Waals surface area contributed by atoms with Crippen LogP contribution in [0, 0.1) is 6.92 Å². The molecular formula is C8H13O. The molecule has 0 saturated carbocycles. The van der Waals surface area contributed by atoms with Gasteiger partial charge in [-0.3, -0.25) is 0 Å². The van der Waals surface area contributed by atoms with Gasteiger partial charge in [-0.05, 0) is 25.8 Å². The molecule has 0 spiro atoms. The molecule has 0 aliphatic carbocycles. The Morgan fingerprint density at radius 3 is 2.78 bits per heavy atom. The van der Waals surface area contributed by atoms with Crippen molar-refractivity contribution < 1.29 is 4.74 Å². The Morgan fingerprint density at radius 2 is 2.22 bits per heavy atom. The van der Waals surface area contributed by atoms with Crippen molar-refractivity contribution in [3.63, 3.8) is 0 Å². The van der Waals surface area contributed by atoms with E-state index >= 15 is 0 Å². The first-order valence-corrected chi connectivity index (χ1v) is 3.08. The van der Waals surface area contributed by atoms with Crippen molar-refractivity contribution in [1.29, 1.82) is 0 Å². The van der Waals surface area contributed by atoms with E-state index in [0.717, 1.165) is 19.4 Å². The van der Waals surface area contributed by atoms with E-state index in [0.29, 0.717) is 0 Å². The van der Waals surface area contributed by atoms with Crippen LogP contribution in [0.1, 0.15) is 12.8 Å². The Balaban J connectivity index is 2.90. The van der Waals surface area contributed by atoms with Crippen LogP contribution >= 0.6 is 0 Å². The largest absolute Gasteiger partial charge is 0.501 e. The predicted molar refractivity (Wildman–Crippen MR) is 39.9 cm³/mol. The maximum atomic E-state index is 5.02. The Bertz CT molecular complexity index is 84.6. The van der Waals surface area contributed by atoms with E-state index < -0.39 is 0 Å². The van der Waals surface area contributed by atoms with Gasteiger partial charge in [0.2, 0.25) is 0 Å². The molecule has 0 aromatic carbocycles. The van der Waals surface area contributed by atoms with Gasteiger partial charge in [-0.25, -0.2) is 0 Å². The second-order valence-corrected chi connectivity index (χ2v) is 1.61. The van der Waals surface area contributed by atoms with Crippen LogP contribution in [0.15, 0.2) is 25.0 Å². The average molecular weight is 125 g/mol. The number of allylic oxidation sites excluding steroid dienone is 1. The van der Waals surface area contributed by atoms with Gasteiger partial charge in [-0.1, -0.05) is 6.08 Å². The molecule has 51 valence electrons. The molecule has 0 atom stereocenters. The molecule has 0 aliphatic rings. The summed E-state index contributed by atoms with van der Waals surface area (Å²) in [6.45, 7) is 7.90. The highest BCUT2D eigenvalue weighted by molar-refractivity contribution is 4.74. The Labute approximate surface area is 57.0 Å². The summed E-state index contributed by atoms with van der Waals surface area (Å²) in [5, 5.41) is 0. The second-order valence-electron chi connectivity index (χ2n) is 1.61. The van der Waals surface area contributed by atoms with Gasteiger partial charge < -0.3 is 4.74 Å². The Morgan fingerprint density at radius 1 is 1.44 bits per heavy atom. The van der Waals surface area contributed by atoms with Gasteiger partial charge in [-0.15, -0.1) is 6.58 Å². The van der Waals surface area contributed by atoms with Gasteiger partial charge in [0.15, 0.2) is 0 Å². The highest BCUT2D eigenvalue weighted by Crippen LogP contribution is 1.85. The van der Waals surface area contributed by atoms with Crippen molar-refractivity contribution in [2.75, 3.05) is 6.61 Å². The molecule has 0 amide bonds. The molecular weight excluding hydrogens is 112 g/mol. The van der Waals surface area contributed by atoms with E-state index in [2.05, 4.69) is 13.5 Å². The van der Waals surface area contributed by atoms with Crippen LogP contribution < -0.4 is 0 Å². The van der Waals surface area contributed by atoms with Crippen molar-refractivity contribution in [2.24, 2.45) is 0 Å². The fourth-order valence-electron chi connectivity index (χ4n) is 0.355. The van der Waals surface area contributed by atoms with Crippen LogP contribution in [0.5, 0.6) is 0 Å². The monoisotopic (exact) mass is 125 g/mol. The summed E-state index contributed by atoms with van der Waals surface area (Å²) in [4.78, 5) is 0. The molecule has 0 bridgehead atoms. The zero-order valence-corrected chi connectivity index (χ0v) is 5.68. The SMILES string of the molecule is [CH2]CC=COCCC=C. The molecule has 0 N–H and O–H groups in total. The lowest BCUT2D eigenvalue weighted by atomic mass is 10.4. The maximum absolute atomic E-state index is 5.02. The number of ether oxygens (including phenoxy) is 1. The standard InChI is InChI=1S/C8H13O/c1-3-5-7-9-8-6-4-2/h3,6,8H,1-2,4-5,7H2. The Kier molecular flexibility index (Phi) is 6.70. The maximum Gasteiger partial charge on any atom is 0.0907 e. The molecule has 0 aliphatic heterocycles. The molecule has 0 rings (SSSR count). The smallest absolute Gasteiger partial charge is 0.0907 e. The van der Waals surface area contributed by atoms with Crippen molar-refractivity contribution in [1.82, 2.24) is 0 Å². The lowest BCUT2D eigenvalue weighted by Gasteiger charge is -1.93. The molecule has 0 aromatic rings. The van der Waals surface area contributed by atoms with Crippen molar-refractivity contribution in [3.05, 3.63) is 31.9 Å². The first kappa shape index (κ1) is 8.28. The summed E-state index contributed by atoms with van der Waals surface area (Å²) in [5.41, 5.74) is 0. The average Bonchev–Trinajstić information content (AvgIpc) is 1.89. The minimum atomic E-state index is 0.722. The molecule has 0 aromatic heterocycles. The zero-order valence-electron chi connectivity index (χ0n) is 5.68. The quantitative estimate of drug-likeness (QED) is 0.311. The van der Waals surface area contributed by atoms with Crippen LogP contribution in [0.25, 0.3) is 0 Å². The van der Waals surface area contributed by atoms with Gasteiger partial charge in [0.25, 0.3) is 0 Å². The van der Waals surface area contributed by atoms with Gasteiger partial charge in [0.1, 0.15) is 0 Å². The van der Waals surface area contributed by atoms with Crippen LogP contribution in [0.3, 0.4) is 0 Å². The van der Waals surface area contributed by atoms with Crippen LogP contribution in [0.2, 0.25) is 0 Å². The van der Waals surface area contributed by atoms with E-state index in [4.69, 9.17) is 4.74 Å². The summed E-state index contributed by atoms with van der Waals surface area (Å²) in [6.07, 6.45) is 7.08. The molecule has 1 radical (unpaired) electrons. The van der Waals surface area contributed by atoms with E-state index in [1.54, 1.807) is 6.26 Å². The van der Waals surface area contributed by atoms with Crippen LogP contribution in [0.4, 0.5) is 0 Å². The summed E-state index contributed by atoms with van der Waals surface area (Å²) in [6, 6.07) is 0. The molecule has 0 saturated heterocycles. The predicted octanol–water partition coefficient (Wildman–Crippen LogP) is 2.32. The van der Waals surface area contributed by atoms with Crippen LogP contribution in [-0.4, -0.2) is 6.61 Å². The molecule has 9 heavy (non-hydrogen) atoms. The first-order valence-electron chi connectivity index (χ1n) is 3.08. The zero-order chi connectivity index (χ0) is 6.95. The molecule has 1 nitrogen and oxygen atoms in total. The van der Waals surface area contributed by atoms with E-state index in [-0.39, 0.29) is 0 Å². The van der Waals surface area contributed by atoms with E-state index in [1.165, 1.54) is 0 Å². The third-order valence-electron chi connectivity index (χ3n) is 0.799. The third-order valence-corrected chi connectivity index (χ3v) is 0.799. The van der Waals surface area contributed by atoms with Crippen molar-refractivity contribution in [3.8, 4) is 0 Å². The van der Waals surface area contributed by atoms with Gasteiger partial charge in [-0.2, -0.15) is 0 Å². The first-order chi connectivity index (χ1) is 4.41. The lowest BCUT2D eigenvalue weighted by molar-refractivity contribution is 0.255. The fourth-order valence-corrected chi connectivity index (χ4v) is 0.355. The minimum absolute atomic E-state index is 0.722. The second kappa shape index (κ2) is 7.28. The topological polar surface area (TPSA) is 9.23 Å². The van der Waals surface area contributed by atoms with Gasteiger partial charge >= 0.3 is 0 Å². The summed E-state index contributed by atoms with van der Waals surface area (Å²) in [7, 11) is 0. The highest BCUT2D eigenvalue weighted by Gasteiger charge is 1.74. The normalized spacial score (nSPS) is 9.89. The molecule has 0 unspecified atom stereocenters. The number of hydrogen-bond donors (Lipinski definition) is 0. The molecule has 1 heteroatoms. The van der Waals surface area contributed by atoms with E-state index in [1.807, 2.05) is 12.2 Å². The number of hydrogen-bond acceptors (Lipinski definition) is 1. The van der Waals surface area contributed by atoms with Gasteiger partial charge in [0.05, 0.1) is 12.9 Å². The van der Waals surface area contributed by atoms with E-state index in [9.17, 15) is 0 Å². The van der Waals surface area contributed by atoms with Crippen molar-refractivity contribution >= 4 is 0 Å². The molecule has 0 fully saturated rings. The Hall–Kier alpha value is -0.720. The molecule has 0 heterocycles. The lowest BCUT2D eigenvalue weighted by Crippen LogP contribution is -1.82. The fraction of sp³-hybridized carbons (Fsp3) is 0.375. The number of rotatable bonds is 5.